The Morgan fingerprint density at radius 2 is 1.90 bits per heavy atom. The van der Waals surface area contributed by atoms with Gasteiger partial charge in [-0.25, -0.2) is 4.98 Å². The molecular formula is C25H42N4OS. The Bertz CT molecular complexity index is 679. The maximum atomic E-state index is 12.8. The lowest BCUT2D eigenvalue weighted by Gasteiger charge is -2.40. The molecule has 0 radical (unpaired) electrons. The van der Waals surface area contributed by atoms with E-state index in [0.717, 1.165) is 51.4 Å². The smallest absolute Gasteiger partial charge is 0.222 e. The van der Waals surface area contributed by atoms with Crippen molar-refractivity contribution in [2.75, 3.05) is 39.3 Å². The van der Waals surface area contributed by atoms with E-state index in [1.165, 1.54) is 81.6 Å². The lowest BCUT2D eigenvalue weighted by Crippen LogP contribution is -2.48. The monoisotopic (exact) mass is 446 g/mol. The summed E-state index contributed by atoms with van der Waals surface area (Å²) in [6, 6.07) is 1.39. The summed E-state index contributed by atoms with van der Waals surface area (Å²) >= 11 is 1.83. The average molecular weight is 447 g/mol. The molecule has 2 saturated heterocycles. The van der Waals surface area contributed by atoms with Crippen LogP contribution in [0.1, 0.15) is 81.7 Å². The van der Waals surface area contributed by atoms with Gasteiger partial charge in [-0.3, -0.25) is 4.79 Å². The second kappa shape index (κ2) is 11.8. The first-order valence-corrected chi connectivity index (χ1v) is 13.8. The molecule has 0 spiro atoms. The SMILES string of the molecule is CCCN(CCCCC(=O)N1CCC(N2CCCCC2)CC1)C1CCc2ncsc2C1. The zero-order chi connectivity index (χ0) is 21.5. The van der Waals surface area contributed by atoms with Crippen molar-refractivity contribution >= 4 is 17.2 Å². The van der Waals surface area contributed by atoms with Crippen LogP contribution in [0.15, 0.2) is 5.51 Å². The van der Waals surface area contributed by atoms with Crippen molar-refractivity contribution in [1.29, 1.82) is 0 Å². The van der Waals surface area contributed by atoms with Crippen LogP contribution in [0.4, 0.5) is 0 Å². The summed E-state index contributed by atoms with van der Waals surface area (Å²) in [6.07, 6.45) is 14.1. The minimum Gasteiger partial charge on any atom is -0.343 e. The average Bonchev–Trinajstić information content (AvgIpc) is 3.29. The molecule has 1 amide bonds. The van der Waals surface area contributed by atoms with Crippen LogP contribution in [0.3, 0.4) is 0 Å². The molecule has 0 saturated carbocycles. The van der Waals surface area contributed by atoms with E-state index in [4.69, 9.17) is 0 Å². The molecule has 31 heavy (non-hydrogen) atoms. The fourth-order valence-electron chi connectivity index (χ4n) is 5.87. The van der Waals surface area contributed by atoms with Crippen molar-refractivity contribution in [3.05, 3.63) is 16.1 Å². The number of hydrogen-bond donors (Lipinski definition) is 0. The molecule has 2 fully saturated rings. The number of aryl methyl sites for hydroxylation is 1. The van der Waals surface area contributed by atoms with Crippen LogP contribution in [0.25, 0.3) is 0 Å². The maximum Gasteiger partial charge on any atom is 0.222 e. The number of fused-ring (bicyclic) bond motifs is 1. The van der Waals surface area contributed by atoms with E-state index in [1.807, 2.05) is 16.8 Å². The third-order valence-corrected chi connectivity index (χ3v) is 8.60. The largest absolute Gasteiger partial charge is 0.343 e. The fraction of sp³-hybridized carbons (Fsp3) is 0.840. The molecule has 0 aromatic carbocycles. The fourth-order valence-corrected chi connectivity index (χ4v) is 6.76. The highest BCUT2D eigenvalue weighted by Crippen LogP contribution is 2.27. The first kappa shape index (κ1) is 23.2. The van der Waals surface area contributed by atoms with Crippen molar-refractivity contribution in [2.24, 2.45) is 0 Å². The highest BCUT2D eigenvalue weighted by Gasteiger charge is 2.28. The van der Waals surface area contributed by atoms with E-state index in [2.05, 4.69) is 26.6 Å². The molecule has 1 aliphatic carbocycles. The highest BCUT2D eigenvalue weighted by atomic mass is 32.1. The number of amides is 1. The zero-order valence-electron chi connectivity index (χ0n) is 19.6. The number of likely N-dealkylation sites (tertiary alicyclic amines) is 2. The first-order chi connectivity index (χ1) is 15.2. The molecule has 174 valence electrons. The molecule has 1 aromatic rings. The van der Waals surface area contributed by atoms with Crippen molar-refractivity contribution in [1.82, 2.24) is 19.7 Å². The Kier molecular flexibility index (Phi) is 8.79. The summed E-state index contributed by atoms with van der Waals surface area (Å²) in [5, 5.41) is 0. The molecule has 5 nitrogen and oxygen atoms in total. The van der Waals surface area contributed by atoms with Gasteiger partial charge in [0.15, 0.2) is 0 Å². The highest BCUT2D eigenvalue weighted by molar-refractivity contribution is 7.09. The predicted octanol–water partition coefficient (Wildman–Crippen LogP) is 4.36. The van der Waals surface area contributed by atoms with Gasteiger partial charge in [0, 0.05) is 36.5 Å². The third-order valence-electron chi connectivity index (χ3n) is 7.70. The predicted molar refractivity (Wildman–Crippen MR) is 129 cm³/mol. The molecule has 3 aliphatic rings. The molecule has 1 aromatic heterocycles. The van der Waals surface area contributed by atoms with Crippen molar-refractivity contribution in [2.45, 2.75) is 96.1 Å². The zero-order valence-corrected chi connectivity index (χ0v) is 20.4. The molecule has 0 bridgehead atoms. The number of thiazole rings is 1. The van der Waals surface area contributed by atoms with Crippen LogP contribution in [-0.2, 0) is 17.6 Å². The van der Waals surface area contributed by atoms with Gasteiger partial charge in [0.25, 0.3) is 0 Å². The van der Waals surface area contributed by atoms with E-state index >= 15 is 0 Å². The van der Waals surface area contributed by atoms with Gasteiger partial charge in [-0.05, 0) is 90.4 Å². The summed E-state index contributed by atoms with van der Waals surface area (Å²) in [6.45, 7) is 9.09. The molecule has 4 rings (SSSR count). The second-order valence-electron chi connectivity index (χ2n) is 9.82. The van der Waals surface area contributed by atoms with E-state index in [-0.39, 0.29) is 0 Å². The molecule has 2 aliphatic heterocycles. The van der Waals surface area contributed by atoms with Gasteiger partial charge < -0.3 is 14.7 Å². The van der Waals surface area contributed by atoms with Gasteiger partial charge in [-0.15, -0.1) is 11.3 Å². The number of carbonyl (C=O) groups excluding carboxylic acids is 1. The van der Waals surface area contributed by atoms with E-state index in [1.54, 1.807) is 0 Å². The number of rotatable bonds is 9. The Balaban J connectivity index is 1.14. The van der Waals surface area contributed by atoms with E-state index in [9.17, 15) is 4.79 Å². The number of nitrogens with zero attached hydrogens (tertiary/aromatic N) is 4. The van der Waals surface area contributed by atoms with Crippen molar-refractivity contribution in [3.63, 3.8) is 0 Å². The molecule has 6 heteroatoms. The normalized spacial score (nSPS) is 23.3. The minimum absolute atomic E-state index is 0.395. The van der Waals surface area contributed by atoms with Crippen LogP contribution in [0.5, 0.6) is 0 Å². The number of hydrogen-bond acceptors (Lipinski definition) is 5. The van der Waals surface area contributed by atoms with Gasteiger partial charge in [-0.2, -0.15) is 0 Å². The number of aromatic nitrogens is 1. The van der Waals surface area contributed by atoms with Crippen LogP contribution >= 0.6 is 11.3 Å². The first-order valence-electron chi connectivity index (χ1n) is 12.9. The number of unbranched alkanes of at least 4 members (excludes halogenated alkanes) is 1. The van der Waals surface area contributed by atoms with Gasteiger partial charge in [0.05, 0.1) is 11.2 Å². The van der Waals surface area contributed by atoms with Gasteiger partial charge >= 0.3 is 0 Å². The Morgan fingerprint density at radius 3 is 2.68 bits per heavy atom. The van der Waals surface area contributed by atoms with E-state index < -0.39 is 0 Å². The number of piperidine rings is 2. The maximum absolute atomic E-state index is 12.8. The van der Waals surface area contributed by atoms with Crippen LogP contribution in [-0.4, -0.2) is 76.9 Å². The number of carbonyl (C=O) groups is 1. The minimum atomic E-state index is 0.395. The van der Waals surface area contributed by atoms with Crippen LogP contribution in [0.2, 0.25) is 0 Å². The Labute approximate surface area is 193 Å². The summed E-state index contributed by atoms with van der Waals surface area (Å²) in [5.74, 6) is 0.395. The van der Waals surface area contributed by atoms with Crippen LogP contribution < -0.4 is 0 Å². The standard InChI is InChI=1S/C25H42N4OS/c1-2-13-27(22-9-10-23-24(19-22)31-20-26-23)16-7-4-8-25(30)29-17-11-21(12-18-29)28-14-5-3-6-15-28/h20-22H,2-19H2,1H3. The Hall–Kier alpha value is -0.980. The topological polar surface area (TPSA) is 39.7 Å². The van der Waals surface area contributed by atoms with Crippen LogP contribution in [0, 0.1) is 0 Å². The summed E-state index contributed by atoms with van der Waals surface area (Å²) in [5.41, 5.74) is 3.35. The molecule has 1 unspecified atom stereocenters. The second-order valence-corrected chi connectivity index (χ2v) is 10.8. The van der Waals surface area contributed by atoms with Gasteiger partial charge in [0.1, 0.15) is 0 Å². The molecule has 0 N–H and O–H groups in total. The summed E-state index contributed by atoms with van der Waals surface area (Å²) in [4.78, 5) is 26.3. The summed E-state index contributed by atoms with van der Waals surface area (Å²) < 4.78 is 0. The quantitative estimate of drug-likeness (QED) is 0.529. The van der Waals surface area contributed by atoms with Gasteiger partial charge in [0.2, 0.25) is 5.91 Å². The lowest BCUT2D eigenvalue weighted by molar-refractivity contribution is -0.133. The Morgan fingerprint density at radius 1 is 1.10 bits per heavy atom. The van der Waals surface area contributed by atoms with Crippen molar-refractivity contribution in [3.8, 4) is 0 Å². The molecule has 3 heterocycles. The van der Waals surface area contributed by atoms with Crippen molar-refractivity contribution < 1.29 is 4.79 Å². The molecule has 1 atom stereocenters. The summed E-state index contributed by atoms with van der Waals surface area (Å²) in [7, 11) is 0. The van der Waals surface area contributed by atoms with E-state index in [0.29, 0.717) is 11.9 Å². The van der Waals surface area contributed by atoms with Gasteiger partial charge in [-0.1, -0.05) is 13.3 Å². The lowest BCUT2D eigenvalue weighted by atomic mass is 9.95. The third kappa shape index (κ3) is 6.29. The molecular weight excluding hydrogens is 404 g/mol.